The molecule has 0 fully saturated rings. The molecule has 1 atom stereocenters. The van der Waals surface area contributed by atoms with E-state index in [4.69, 9.17) is 20.5 Å². The van der Waals surface area contributed by atoms with Crippen molar-refractivity contribution in [3.8, 4) is 0 Å². The summed E-state index contributed by atoms with van der Waals surface area (Å²) in [5, 5.41) is 23.8. The van der Waals surface area contributed by atoms with Crippen LogP contribution in [-0.4, -0.2) is 38.8 Å². The summed E-state index contributed by atoms with van der Waals surface area (Å²) in [7, 11) is 0. The first kappa shape index (κ1) is 15.6. The second-order valence-electron chi connectivity index (χ2n) is 4.40. The number of carboxylic acids is 1. The van der Waals surface area contributed by atoms with Gasteiger partial charge in [0.1, 0.15) is 0 Å². The van der Waals surface area contributed by atoms with Crippen molar-refractivity contribution in [1.29, 1.82) is 0 Å². The molecule has 1 aromatic carbocycles. The Bertz CT molecular complexity index is 685. The summed E-state index contributed by atoms with van der Waals surface area (Å²) in [4.78, 5) is 26.7. The van der Waals surface area contributed by atoms with E-state index >= 15 is 0 Å². The van der Waals surface area contributed by atoms with Crippen LogP contribution in [0, 0.1) is 0 Å². The van der Waals surface area contributed by atoms with Crippen LogP contribution < -0.4 is 11.1 Å². The Labute approximate surface area is 124 Å². The van der Waals surface area contributed by atoms with E-state index in [0.29, 0.717) is 0 Å². The van der Waals surface area contributed by atoms with Gasteiger partial charge in [-0.25, -0.2) is 4.79 Å². The number of amides is 1. The van der Waals surface area contributed by atoms with Crippen molar-refractivity contribution >= 4 is 11.9 Å². The predicted octanol–water partition coefficient (Wildman–Crippen LogP) is -0.310. The predicted molar refractivity (Wildman–Crippen MR) is 72.9 cm³/mol. The Hall–Kier alpha value is -2.78. The number of aliphatic hydroxyl groups excluding tert-OH is 1. The fourth-order valence-electron chi connectivity index (χ4n) is 1.62. The molecule has 0 bridgehead atoms. The van der Waals surface area contributed by atoms with E-state index in [2.05, 4.69) is 15.5 Å². The second-order valence-corrected chi connectivity index (χ2v) is 4.40. The van der Waals surface area contributed by atoms with Gasteiger partial charge in [-0.2, -0.15) is 4.98 Å². The number of carboxylic acid groups (broad SMARTS) is 1. The van der Waals surface area contributed by atoms with Gasteiger partial charge in [-0.05, 0) is 18.2 Å². The van der Waals surface area contributed by atoms with Crippen LogP contribution in [0.1, 0.15) is 38.5 Å². The molecule has 1 heterocycles. The first-order valence-corrected chi connectivity index (χ1v) is 6.31. The highest BCUT2D eigenvalue weighted by Gasteiger charge is 2.14. The van der Waals surface area contributed by atoms with Crippen LogP contribution >= 0.6 is 0 Å². The smallest absolute Gasteiger partial charge is 0.335 e. The lowest BCUT2D eigenvalue weighted by Crippen LogP contribution is -2.23. The summed E-state index contributed by atoms with van der Waals surface area (Å²) in [6.07, 6.45) is 0. The van der Waals surface area contributed by atoms with Crippen molar-refractivity contribution in [2.75, 3.05) is 6.61 Å². The number of hydrogen-bond acceptors (Lipinski definition) is 7. The number of nitrogens with zero attached hydrogens (tertiary/aromatic N) is 2. The Morgan fingerprint density at radius 3 is 2.77 bits per heavy atom. The molecule has 9 heteroatoms. The van der Waals surface area contributed by atoms with Crippen molar-refractivity contribution in [3.05, 3.63) is 47.1 Å². The quantitative estimate of drug-likeness (QED) is 0.567. The van der Waals surface area contributed by atoms with Gasteiger partial charge < -0.3 is 25.8 Å². The van der Waals surface area contributed by atoms with Gasteiger partial charge in [0.2, 0.25) is 5.89 Å². The standard InChI is InChI=1S/C13H14N4O5/c14-9(6-18)11-16-10(22-17-11)5-15-12(19)7-2-1-3-8(4-7)13(20)21/h1-4,9,18H,5-6,14H2,(H,15,19)(H,20,21). The van der Waals surface area contributed by atoms with Gasteiger partial charge in [0, 0.05) is 5.56 Å². The summed E-state index contributed by atoms with van der Waals surface area (Å²) in [5.41, 5.74) is 5.74. The maximum atomic E-state index is 11.9. The van der Waals surface area contributed by atoms with E-state index in [9.17, 15) is 9.59 Å². The highest BCUT2D eigenvalue weighted by molar-refractivity contribution is 5.97. The minimum atomic E-state index is -1.12. The zero-order valence-corrected chi connectivity index (χ0v) is 11.4. The first-order chi connectivity index (χ1) is 10.5. The van der Waals surface area contributed by atoms with Gasteiger partial charge in [0.25, 0.3) is 5.91 Å². The summed E-state index contributed by atoms with van der Waals surface area (Å²) < 4.78 is 4.87. The van der Waals surface area contributed by atoms with E-state index in [-0.39, 0.29) is 36.0 Å². The lowest BCUT2D eigenvalue weighted by molar-refractivity contribution is 0.0697. The molecule has 0 saturated carbocycles. The van der Waals surface area contributed by atoms with Crippen LogP contribution in [0.2, 0.25) is 0 Å². The topological polar surface area (TPSA) is 152 Å². The number of rotatable bonds is 6. The van der Waals surface area contributed by atoms with E-state index in [1.807, 2.05) is 0 Å². The van der Waals surface area contributed by atoms with E-state index in [1.54, 1.807) is 0 Å². The van der Waals surface area contributed by atoms with E-state index in [1.165, 1.54) is 24.3 Å². The molecule has 0 aliphatic heterocycles. The van der Waals surface area contributed by atoms with Crippen LogP contribution in [0.25, 0.3) is 0 Å². The third-order valence-corrected chi connectivity index (χ3v) is 2.78. The molecule has 0 aliphatic carbocycles. The minimum absolute atomic E-state index is 0.0154. The van der Waals surface area contributed by atoms with Crippen LogP contribution in [0.4, 0.5) is 0 Å². The molecular weight excluding hydrogens is 292 g/mol. The number of aliphatic hydroxyl groups is 1. The monoisotopic (exact) mass is 306 g/mol. The maximum Gasteiger partial charge on any atom is 0.335 e. The number of benzene rings is 1. The van der Waals surface area contributed by atoms with Gasteiger partial charge >= 0.3 is 5.97 Å². The molecular formula is C13H14N4O5. The zero-order valence-electron chi connectivity index (χ0n) is 11.4. The third-order valence-electron chi connectivity index (χ3n) is 2.78. The summed E-state index contributed by atoms with van der Waals surface area (Å²) in [6.45, 7) is -0.366. The van der Waals surface area contributed by atoms with Crippen LogP contribution in [0.15, 0.2) is 28.8 Å². The van der Waals surface area contributed by atoms with Gasteiger partial charge in [-0.1, -0.05) is 11.2 Å². The third kappa shape index (κ3) is 3.65. The number of nitrogens with two attached hydrogens (primary N) is 1. The molecule has 0 spiro atoms. The SMILES string of the molecule is NC(CO)c1noc(CNC(=O)c2cccc(C(=O)O)c2)n1. The molecule has 1 amide bonds. The van der Waals surface area contributed by atoms with Crippen LogP contribution in [0.3, 0.4) is 0 Å². The number of aromatic carboxylic acids is 1. The van der Waals surface area contributed by atoms with Crippen LogP contribution in [-0.2, 0) is 6.54 Å². The summed E-state index contributed by atoms with van der Waals surface area (Å²) in [6, 6.07) is 4.87. The molecule has 0 aliphatic rings. The maximum absolute atomic E-state index is 11.9. The highest BCUT2D eigenvalue weighted by Crippen LogP contribution is 2.07. The van der Waals surface area contributed by atoms with Crippen molar-refractivity contribution in [3.63, 3.8) is 0 Å². The molecule has 1 aromatic heterocycles. The minimum Gasteiger partial charge on any atom is -0.478 e. The molecule has 9 nitrogen and oxygen atoms in total. The second kappa shape index (κ2) is 6.78. The number of carbonyl (C=O) groups excluding carboxylic acids is 1. The number of nitrogens with one attached hydrogen (secondary N) is 1. The largest absolute Gasteiger partial charge is 0.478 e. The molecule has 1 unspecified atom stereocenters. The molecule has 22 heavy (non-hydrogen) atoms. The van der Waals surface area contributed by atoms with Crippen molar-refractivity contribution in [2.45, 2.75) is 12.6 Å². The number of aromatic nitrogens is 2. The zero-order chi connectivity index (χ0) is 16.1. The molecule has 2 aromatic rings. The fourth-order valence-corrected chi connectivity index (χ4v) is 1.62. The molecule has 0 saturated heterocycles. The van der Waals surface area contributed by atoms with Gasteiger partial charge in [-0.15, -0.1) is 0 Å². The molecule has 0 radical (unpaired) electrons. The summed E-state index contributed by atoms with van der Waals surface area (Å²) >= 11 is 0. The van der Waals surface area contributed by atoms with E-state index < -0.39 is 17.9 Å². The lowest BCUT2D eigenvalue weighted by atomic mass is 10.1. The lowest BCUT2D eigenvalue weighted by Gasteiger charge is -2.03. The molecule has 5 N–H and O–H groups in total. The Balaban J connectivity index is 1.99. The van der Waals surface area contributed by atoms with Crippen molar-refractivity contribution < 1.29 is 24.3 Å². The normalized spacial score (nSPS) is 11.9. The average molecular weight is 306 g/mol. The average Bonchev–Trinajstić information content (AvgIpc) is 3.00. The van der Waals surface area contributed by atoms with Gasteiger partial charge in [0.15, 0.2) is 5.82 Å². The Kier molecular flexibility index (Phi) is 4.81. The molecule has 2 rings (SSSR count). The van der Waals surface area contributed by atoms with Crippen LogP contribution in [0.5, 0.6) is 0 Å². The number of carbonyl (C=O) groups is 2. The first-order valence-electron chi connectivity index (χ1n) is 6.31. The van der Waals surface area contributed by atoms with Gasteiger partial charge in [-0.3, -0.25) is 4.79 Å². The Morgan fingerprint density at radius 1 is 1.36 bits per heavy atom. The summed E-state index contributed by atoms with van der Waals surface area (Å²) in [5.74, 6) is -1.33. The van der Waals surface area contributed by atoms with Crippen molar-refractivity contribution in [1.82, 2.24) is 15.5 Å². The molecule has 116 valence electrons. The fraction of sp³-hybridized carbons (Fsp3) is 0.231. The van der Waals surface area contributed by atoms with Crippen molar-refractivity contribution in [2.24, 2.45) is 5.73 Å². The van der Waals surface area contributed by atoms with E-state index in [0.717, 1.165) is 0 Å². The highest BCUT2D eigenvalue weighted by atomic mass is 16.5. The van der Waals surface area contributed by atoms with Gasteiger partial charge in [0.05, 0.1) is 24.8 Å². The number of hydrogen-bond donors (Lipinski definition) is 4. The Morgan fingerprint density at radius 2 is 2.09 bits per heavy atom.